The van der Waals surface area contributed by atoms with Crippen LogP contribution >= 0.6 is 0 Å². The van der Waals surface area contributed by atoms with E-state index in [1.54, 1.807) is 6.92 Å². The van der Waals surface area contributed by atoms with Gasteiger partial charge in [0.15, 0.2) is 5.96 Å². The Balaban J connectivity index is 5.83. The first-order chi connectivity index (χ1) is 23.6. The first-order valence-electron chi connectivity index (χ1n) is 17.5. The number of carboxylic acids is 1. The van der Waals surface area contributed by atoms with Crippen molar-refractivity contribution in [3.8, 4) is 0 Å². The second-order valence-electron chi connectivity index (χ2n) is 12.9. The molecule has 0 unspecified atom stereocenters. The van der Waals surface area contributed by atoms with Crippen molar-refractivity contribution in [3.05, 3.63) is 0 Å². The summed E-state index contributed by atoms with van der Waals surface area (Å²) in [5.41, 5.74) is 27.9. The minimum Gasteiger partial charge on any atom is -0.480 e. The monoisotopic (exact) mass is 713 g/mol. The number of amides is 5. The molecule has 0 aliphatic carbocycles. The Morgan fingerprint density at radius 2 is 1.22 bits per heavy atom. The molecule has 0 radical (unpaired) electrons. The number of unbranched alkanes of at least 4 members (excludes halogenated alkanes) is 2. The van der Waals surface area contributed by atoms with Crippen molar-refractivity contribution >= 4 is 41.5 Å². The van der Waals surface area contributed by atoms with Crippen molar-refractivity contribution in [1.29, 1.82) is 0 Å². The zero-order valence-corrected chi connectivity index (χ0v) is 30.2. The molecule has 50 heavy (non-hydrogen) atoms. The van der Waals surface area contributed by atoms with Crippen LogP contribution in [0.2, 0.25) is 0 Å². The smallest absolute Gasteiger partial charge is 0.326 e. The highest BCUT2D eigenvalue weighted by Gasteiger charge is 2.31. The molecule has 0 saturated heterocycles. The Bertz CT molecular complexity index is 1100. The molecule has 0 saturated carbocycles. The third-order valence-corrected chi connectivity index (χ3v) is 8.02. The van der Waals surface area contributed by atoms with Crippen molar-refractivity contribution in [3.63, 3.8) is 0 Å². The van der Waals surface area contributed by atoms with Crippen LogP contribution in [0, 0.1) is 11.8 Å². The van der Waals surface area contributed by atoms with Crippen LogP contribution in [-0.4, -0.2) is 103 Å². The number of aliphatic carboxylic acids is 1. The molecule has 0 aromatic rings. The molecule has 0 spiro atoms. The lowest BCUT2D eigenvalue weighted by molar-refractivity contribution is -0.142. The molecule has 288 valence electrons. The molecule has 0 bridgehead atoms. The highest BCUT2D eigenvalue weighted by Crippen LogP contribution is 2.11. The summed E-state index contributed by atoms with van der Waals surface area (Å²) in [4.78, 5) is 81.3. The van der Waals surface area contributed by atoms with Crippen molar-refractivity contribution in [2.75, 3.05) is 26.2 Å². The Morgan fingerprint density at radius 3 is 1.72 bits per heavy atom. The molecule has 0 aliphatic heterocycles. The third-order valence-electron chi connectivity index (χ3n) is 8.02. The second-order valence-corrected chi connectivity index (χ2v) is 12.9. The Morgan fingerprint density at radius 1 is 0.700 bits per heavy atom. The summed E-state index contributed by atoms with van der Waals surface area (Å²) in [6.45, 7) is 7.86. The molecule has 0 rings (SSSR count). The van der Waals surface area contributed by atoms with Crippen LogP contribution in [0.25, 0.3) is 0 Å². The molecule has 0 heterocycles. The van der Waals surface area contributed by atoms with Crippen LogP contribution in [-0.2, 0) is 28.8 Å². The van der Waals surface area contributed by atoms with E-state index in [2.05, 4.69) is 31.6 Å². The fourth-order valence-corrected chi connectivity index (χ4v) is 4.93. The number of carboxylic acid groups (broad SMARTS) is 1. The first-order valence-corrected chi connectivity index (χ1v) is 17.5. The molecule has 0 aromatic heterocycles. The molecule has 0 fully saturated rings. The number of nitrogens with one attached hydrogen (secondary N) is 5. The SMILES string of the molecule is CC[C@H](C)[C@H](NC(=O)[C@@H](N)CC(C)C)C(=O)NCC(=O)N[C@@H](CCCN=C(N)N)C(=O)N[C@@H](CCCCN)C(=O)N[C@@H](CCCCN)C(=O)O. The van der Waals surface area contributed by atoms with Gasteiger partial charge in [0.25, 0.3) is 0 Å². The summed E-state index contributed by atoms with van der Waals surface area (Å²) in [5.74, 6) is -4.65. The Hall–Kier alpha value is -4.03. The zero-order chi connectivity index (χ0) is 38.2. The molecular weight excluding hydrogens is 650 g/mol. The molecule has 0 aliphatic rings. The van der Waals surface area contributed by atoms with Gasteiger partial charge < -0.3 is 60.4 Å². The van der Waals surface area contributed by atoms with E-state index < -0.39 is 72.3 Å². The normalized spacial score (nSPS) is 14.6. The number of carbonyl (C=O) groups excluding carboxylic acids is 5. The molecule has 6 atom stereocenters. The van der Waals surface area contributed by atoms with Crippen molar-refractivity contribution in [2.24, 2.45) is 45.5 Å². The molecular formula is C32H63N11O7. The van der Waals surface area contributed by atoms with Crippen LogP contribution in [0.3, 0.4) is 0 Å². The first kappa shape index (κ1) is 46.0. The fraction of sp³-hybridized carbons (Fsp3) is 0.781. The van der Waals surface area contributed by atoms with Gasteiger partial charge in [0.1, 0.15) is 24.2 Å². The molecule has 0 aromatic carbocycles. The van der Waals surface area contributed by atoms with E-state index in [-0.39, 0.29) is 50.0 Å². The van der Waals surface area contributed by atoms with Gasteiger partial charge in [0.2, 0.25) is 29.5 Å². The minimum absolute atomic E-state index is 0.0650. The summed E-state index contributed by atoms with van der Waals surface area (Å²) >= 11 is 0. The lowest BCUT2D eigenvalue weighted by Crippen LogP contribution is -2.57. The summed E-state index contributed by atoms with van der Waals surface area (Å²) in [6, 6.07) is -5.23. The van der Waals surface area contributed by atoms with Gasteiger partial charge in [-0.3, -0.25) is 29.0 Å². The largest absolute Gasteiger partial charge is 0.480 e. The number of nitrogens with two attached hydrogens (primary N) is 5. The Kier molecular flexibility index (Phi) is 23.8. The van der Waals surface area contributed by atoms with Crippen molar-refractivity contribution < 1.29 is 33.9 Å². The quantitative estimate of drug-likeness (QED) is 0.0247. The third kappa shape index (κ3) is 19.8. The van der Waals surface area contributed by atoms with Crippen molar-refractivity contribution in [1.82, 2.24) is 26.6 Å². The van der Waals surface area contributed by atoms with E-state index in [0.717, 1.165) is 0 Å². The van der Waals surface area contributed by atoms with Crippen molar-refractivity contribution in [2.45, 2.75) is 122 Å². The number of aliphatic imine (C=N–C) groups is 1. The van der Waals surface area contributed by atoms with Gasteiger partial charge in [-0.05, 0) is 82.7 Å². The van der Waals surface area contributed by atoms with E-state index in [1.165, 1.54) is 0 Å². The number of rotatable bonds is 27. The average molecular weight is 714 g/mol. The number of hydrogen-bond acceptors (Lipinski definition) is 10. The maximum atomic E-state index is 13.5. The van der Waals surface area contributed by atoms with Crippen LogP contribution in [0.4, 0.5) is 0 Å². The topological polar surface area (TPSA) is 325 Å². The maximum Gasteiger partial charge on any atom is 0.326 e. The second kappa shape index (κ2) is 25.9. The Labute approximate surface area is 295 Å². The van der Waals surface area contributed by atoms with Gasteiger partial charge in [0, 0.05) is 6.54 Å². The van der Waals surface area contributed by atoms with E-state index in [4.69, 9.17) is 28.7 Å². The highest BCUT2D eigenvalue weighted by molar-refractivity contribution is 5.95. The molecule has 5 amide bonds. The van der Waals surface area contributed by atoms with Gasteiger partial charge in [0.05, 0.1) is 12.6 Å². The molecule has 18 heteroatoms. The maximum absolute atomic E-state index is 13.5. The van der Waals surface area contributed by atoms with Crippen LogP contribution in [0.15, 0.2) is 4.99 Å². The highest BCUT2D eigenvalue weighted by atomic mass is 16.4. The summed E-state index contributed by atoms with van der Waals surface area (Å²) in [5, 5.41) is 22.6. The van der Waals surface area contributed by atoms with Crippen LogP contribution < -0.4 is 55.3 Å². The van der Waals surface area contributed by atoms with E-state index in [1.807, 2.05) is 20.8 Å². The zero-order valence-electron chi connectivity index (χ0n) is 30.2. The standard InChI is InChI=1S/C32H63N11O7/c1-5-20(4)26(43-27(45)21(35)17-19(2)3)30(48)39-18-25(44)40-22(13-10-16-38-32(36)37)28(46)41-23(11-6-8-14-33)29(47)42-24(31(49)50)12-7-9-15-34/h19-24,26H,5-18,33-35H2,1-4H3,(H,39,48)(H,40,44)(H,41,46)(H,42,47)(H,43,45)(H,49,50)(H4,36,37,38)/t20-,21-,22-,23-,24-,26-/m0/s1. The fourth-order valence-electron chi connectivity index (χ4n) is 4.93. The van der Waals surface area contributed by atoms with Gasteiger partial charge >= 0.3 is 5.97 Å². The number of guanidine groups is 1. The number of nitrogens with zero attached hydrogens (tertiary/aromatic N) is 1. The van der Waals surface area contributed by atoms with E-state index >= 15 is 0 Å². The van der Waals surface area contributed by atoms with Gasteiger partial charge in [-0.2, -0.15) is 0 Å². The van der Waals surface area contributed by atoms with Crippen LogP contribution in [0.5, 0.6) is 0 Å². The van der Waals surface area contributed by atoms with E-state index in [9.17, 15) is 33.9 Å². The van der Waals surface area contributed by atoms with E-state index in [0.29, 0.717) is 51.6 Å². The summed E-state index contributed by atoms with van der Waals surface area (Å²) < 4.78 is 0. The minimum atomic E-state index is -1.22. The average Bonchev–Trinajstić information content (AvgIpc) is 3.05. The van der Waals surface area contributed by atoms with Crippen LogP contribution in [0.1, 0.15) is 91.9 Å². The predicted molar refractivity (Wildman–Crippen MR) is 191 cm³/mol. The predicted octanol–water partition coefficient (Wildman–Crippen LogP) is -2.14. The lowest BCUT2D eigenvalue weighted by Gasteiger charge is -2.26. The van der Waals surface area contributed by atoms with Gasteiger partial charge in [-0.1, -0.05) is 34.1 Å². The molecule has 18 nitrogen and oxygen atoms in total. The lowest BCUT2D eigenvalue weighted by atomic mass is 9.97. The number of hydrogen-bond donors (Lipinski definition) is 11. The van der Waals surface area contributed by atoms with Gasteiger partial charge in [-0.15, -0.1) is 0 Å². The van der Waals surface area contributed by atoms with Gasteiger partial charge in [-0.25, -0.2) is 4.79 Å². The summed E-state index contributed by atoms with van der Waals surface area (Å²) in [6.07, 6.45) is 3.72. The molecule has 16 N–H and O–H groups in total. The summed E-state index contributed by atoms with van der Waals surface area (Å²) in [7, 11) is 0. The number of carbonyl (C=O) groups is 6.